The van der Waals surface area contributed by atoms with Crippen LogP contribution in [0, 0.1) is 0 Å². The van der Waals surface area contributed by atoms with Gasteiger partial charge in [0.05, 0.1) is 0 Å². The Bertz CT molecular complexity index is 465. The average molecular weight is 265 g/mol. The summed E-state index contributed by atoms with van der Waals surface area (Å²) >= 11 is 0. The molecule has 0 spiro atoms. The molecule has 0 aliphatic heterocycles. The minimum Gasteiger partial charge on any atom is -0.354 e. The minimum atomic E-state index is -0.725. The quantitative estimate of drug-likeness (QED) is 0.854. The maximum atomic E-state index is 10.7. The smallest absolute Gasteiger partial charge is 0.207 e. The first-order chi connectivity index (χ1) is 9.44. The Morgan fingerprint density at radius 1 is 1.11 bits per heavy atom. The van der Waals surface area contributed by atoms with Gasteiger partial charge >= 0.3 is 0 Å². The number of carbonyl (C=O) groups excluding carboxylic acids is 2. The highest BCUT2D eigenvalue weighted by molar-refractivity contribution is 5.53. The molecule has 1 aromatic rings. The molecule has 0 saturated carbocycles. The van der Waals surface area contributed by atoms with E-state index in [1.165, 1.54) is 0 Å². The fourth-order valence-corrected chi connectivity index (χ4v) is 1.32. The highest BCUT2D eigenvalue weighted by atomic mass is 16.1. The van der Waals surface area contributed by atoms with Gasteiger partial charge in [0, 0.05) is 12.0 Å². The second-order valence-corrected chi connectivity index (χ2v) is 6.05. The summed E-state index contributed by atoms with van der Waals surface area (Å²) in [6, 6.07) is 9.82. The first-order valence-electron chi connectivity index (χ1n) is 7.28. The Labute approximate surface area is 119 Å². The zero-order valence-electron chi connectivity index (χ0n) is 14.4. The van der Waals surface area contributed by atoms with Crippen LogP contribution in [-0.4, -0.2) is 18.2 Å². The van der Waals surface area contributed by atoms with Gasteiger partial charge in [0.15, 0.2) is 0 Å². The fraction of sp³-hybridized carbons (Fsp3) is 0.500. The van der Waals surface area contributed by atoms with E-state index in [0.717, 1.165) is 5.56 Å². The zero-order chi connectivity index (χ0) is 16.7. The lowest BCUT2D eigenvalue weighted by atomic mass is 9.82. The summed E-state index contributed by atoms with van der Waals surface area (Å²) in [5.74, 6) is 0. The number of benzene rings is 1. The van der Waals surface area contributed by atoms with Gasteiger partial charge < -0.3 is 10.1 Å². The van der Waals surface area contributed by atoms with Crippen molar-refractivity contribution in [3.63, 3.8) is 0 Å². The predicted octanol–water partition coefficient (Wildman–Crippen LogP) is 3.08. The van der Waals surface area contributed by atoms with E-state index in [1.807, 2.05) is 65.0 Å². The van der Waals surface area contributed by atoms with Gasteiger partial charge in [-0.3, -0.25) is 4.79 Å². The largest absolute Gasteiger partial charge is 0.354 e. The van der Waals surface area contributed by atoms with Gasteiger partial charge in [-0.25, -0.2) is 0 Å². The van der Waals surface area contributed by atoms with Gasteiger partial charge in [-0.05, 0) is 31.7 Å². The number of carbonyl (C=O) groups is 2. The van der Waals surface area contributed by atoms with E-state index in [4.69, 9.17) is 2.74 Å². The Balaban J connectivity index is 0.000000433. The van der Waals surface area contributed by atoms with Gasteiger partial charge in [-0.1, -0.05) is 44.2 Å². The lowest BCUT2D eigenvalue weighted by Crippen LogP contribution is -2.34. The van der Waals surface area contributed by atoms with E-state index in [0.29, 0.717) is 0 Å². The van der Waals surface area contributed by atoms with E-state index >= 15 is 0 Å². The monoisotopic (exact) mass is 265 g/mol. The summed E-state index contributed by atoms with van der Waals surface area (Å²) < 4.78 is 13.4. The van der Waals surface area contributed by atoms with Crippen molar-refractivity contribution in [3.8, 4) is 0 Å². The molecule has 1 N–H and O–H groups in total. The third kappa shape index (κ3) is 8.14. The molecule has 0 atom stereocenters. The molecule has 106 valence electrons. The Morgan fingerprint density at radius 2 is 1.63 bits per heavy atom. The van der Waals surface area contributed by atoms with Crippen LogP contribution >= 0.6 is 0 Å². The third-order valence-corrected chi connectivity index (χ3v) is 2.50. The first-order valence-corrected chi connectivity index (χ1v) is 6.28. The lowest BCUT2D eigenvalue weighted by Gasteiger charge is -2.21. The fourth-order valence-electron chi connectivity index (χ4n) is 1.32. The van der Waals surface area contributed by atoms with Crippen molar-refractivity contribution >= 4 is 12.6 Å². The van der Waals surface area contributed by atoms with E-state index in [9.17, 15) is 9.59 Å². The molecule has 0 saturated heterocycles. The van der Waals surface area contributed by atoms with Crippen LogP contribution in [0.2, 0.25) is 0 Å². The standard InChI is InChI=1S/C11H14O.C5H11NO/c1-11(2,8-9-12)10-6-4-3-5-7-10;1-5(2,3)6-4-7/h3-7,9H,8H2,1-2H3;4H,1-3H3,(H,6,7)/i9D;4D. The molecule has 1 rings (SSSR count). The maximum Gasteiger partial charge on any atom is 0.207 e. The second kappa shape index (κ2) is 7.72. The predicted molar refractivity (Wildman–Crippen MR) is 79.1 cm³/mol. The number of aldehydes is 1. The van der Waals surface area contributed by atoms with Crippen molar-refractivity contribution in [3.05, 3.63) is 35.9 Å². The van der Waals surface area contributed by atoms with E-state index in [-0.39, 0.29) is 17.4 Å². The van der Waals surface area contributed by atoms with Crippen LogP contribution in [0.25, 0.3) is 0 Å². The molecular weight excluding hydrogens is 238 g/mol. The molecule has 1 amide bonds. The zero-order valence-corrected chi connectivity index (χ0v) is 12.4. The highest BCUT2D eigenvalue weighted by Crippen LogP contribution is 2.25. The van der Waals surface area contributed by atoms with Gasteiger partial charge in [0.25, 0.3) is 0 Å². The summed E-state index contributed by atoms with van der Waals surface area (Å²) in [5, 5.41) is 2.41. The molecule has 0 radical (unpaired) electrons. The summed E-state index contributed by atoms with van der Waals surface area (Å²) in [5.41, 5.74) is 0.620. The highest BCUT2D eigenvalue weighted by Gasteiger charge is 2.18. The molecule has 19 heavy (non-hydrogen) atoms. The van der Waals surface area contributed by atoms with Crippen LogP contribution in [0.3, 0.4) is 0 Å². The number of rotatable bonds is 3. The van der Waals surface area contributed by atoms with Crippen molar-refractivity contribution in [2.45, 2.75) is 52.0 Å². The SMILES string of the molecule is [2H]C(=O)CC(C)(C)c1ccccc1.[2H]C(=O)NC(C)(C)C. The van der Waals surface area contributed by atoms with Crippen molar-refractivity contribution in [2.24, 2.45) is 0 Å². The van der Waals surface area contributed by atoms with E-state index in [1.54, 1.807) is 0 Å². The minimum absolute atomic E-state index is 0.222. The second-order valence-electron chi connectivity index (χ2n) is 6.05. The Kier molecular flexibility index (Phi) is 5.60. The molecule has 0 heterocycles. The topological polar surface area (TPSA) is 46.2 Å². The number of hydrogen-bond acceptors (Lipinski definition) is 2. The van der Waals surface area contributed by atoms with Crippen LogP contribution in [0.5, 0.6) is 0 Å². The maximum absolute atomic E-state index is 10.7. The summed E-state index contributed by atoms with van der Waals surface area (Å²) in [6.07, 6.45) is -0.955. The number of hydrogen-bond donors (Lipinski definition) is 1. The average Bonchev–Trinajstić information content (AvgIpc) is 2.25. The number of nitrogens with one attached hydrogen (secondary N) is 1. The molecule has 0 aliphatic rings. The summed E-state index contributed by atoms with van der Waals surface area (Å²) in [4.78, 5) is 20.7. The molecular formula is C16H25NO2. The van der Waals surface area contributed by atoms with Crippen molar-refractivity contribution in [2.75, 3.05) is 0 Å². The van der Waals surface area contributed by atoms with Crippen LogP contribution in [0.4, 0.5) is 0 Å². The summed E-state index contributed by atoms with van der Waals surface area (Å²) in [6.45, 7) is 9.46. The molecule has 0 aromatic heterocycles. The molecule has 3 nitrogen and oxygen atoms in total. The van der Waals surface area contributed by atoms with Crippen LogP contribution in [0.15, 0.2) is 30.3 Å². The van der Waals surface area contributed by atoms with Crippen LogP contribution in [-0.2, 0) is 15.0 Å². The van der Waals surface area contributed by atoms with Gasteiger partial charge in [-0.15, -0.1) is 0 Å². The lowest BCUT2D eigenvalue weighted by molar-refractivity contribution is -0.111. The summed E-state index contributed by atoms with van der Waals surface area (Å²) in [7, 11) is 0. The van der Waals surface area contributed by atoms with Crippen LogP contribution in [0.1, 0.15) is 49.3 Å². The van der Waals surface area contributed by atoms with Crippen molar-refractivity contribution < 1.29 is 12.3 Å². The first kappa shape index (κ1) is 13.8. The Morgan fingerprint density at radius 3 is 1.95 bits per heavy atom. The molecule has 0 fully saturated rings. The number of amides is 1. The molecule has 3 heteroatoms. The molecule has 0 bridgehead atoms. The van der Waals surface area contributed by atoms with E-state index in [2.05, 4.69) is 5.32 Å². The third-order valence-electron chi connectivity index (χ3n) is 2.50. The van der Waals surface area contributed by atoms with Crippen molar-refractivity contribution in [1.82, 2.24) is 5.32 Å². The normalized spacial score (nSPS) is 12.5. The molecule has 0 unspecified atom stereocenters. The van der Waals surface area contributed by atoms with Gasteiger partial charge in [-0.2, -0.15) is 0 Å². The molecule has 1 aromatic carbocycles. The van der Waals surface area contributed by atoms with Crippen molar-refractivity contribution in [1.29, 1.82) is 0 Å². The van der Waals surface area contributed by atoms with Gasteiger partial charge in [0.1, 0.15) is 9.00 Å². The molecule has 0 aliphatic carbocycles. The van der Waals surface area contributed by atoms with Crippen LogP contribution < -0.4 is 5.32 Å². The van der Waals surface area contributed by atoms with E-state index < -0.39 is 12.6 Å². The Hall–Kier alpha value is -1.64. The van der Waals surface area contributed by atoms with Gasteiger partial charge in [0.2, 0.25) is 6.39 Å².